The smallest absolute Gasteiger partial charge is 0.305 e. The zero-order chi connectivity index (χ0) is 24.7. The van der Waals surface area contributed by atoms with E-state index in [1.165, 1.54) is 30.5 Å². The Balaban J connectivity index is 2.32. The molecule has 1 unspecified atom stereocenters. The van der Waals surface area contributed by atoms with Gasteiger partial charge in [-0.2, -0.15) is 0 Å². The predicted octanol–water partition coefficient (Wildman–Crippen LogP) is 2.86. The molecule has 0 aliphatic carbocycles. The maximum Gasteiger partial charge on any atom is 0.305 e. The third kappa shape index (κ3) is 6.39. The lowest BCUT2D eigenvalue weighted by molar-refractivity contribution is -0.140. The number of carboxylic acid groups (broad SMARTS) is 1. The molecule has 0 bridgehead atoms. The van der Waals surface area contributed by atoms with Gasteiger partial charge in [-0.1, -0.05) is 36.2 Å². The van der Waals surface area contributed by atoms with Gasteiger partial charge in [0.05, 0.1) is 22.0 Å². The molecule has 1 aromatic heterocycles. The summed E-state index contributed by atoms with van der Waals surface area (Å²) in [5.41, 5.74) is -0.962. The number of aliphatic carboxylic acids is 1. The van der Waals surface area contributed by atoms with Gasteiger partial charge in [0.2, 0.25) is 5.91 Å². The molecule has 1 heterocycles. The molecule has 0 saturated heterocycles. The van der Waals surface area contributed by atoms with E-state index in [1.54, 1.807) is 13.0 Å². The summed E-state index contributed by atoms with van der Waals surface area (Å²) in [6.45, 7) is 0.121. The van der Waals surface area contributed by atoms with E-state index in [-0.39, 0.29) is 27.7 Å². The van der Waals surface area contributed by atoms with Crippen molar-refractivity contribution in [3.63, 3.8) is 0 Å². The summed E-state index contributed by atoms with van der Waals surface area (Å²) in [6, 6.07) is 4.42. The van der Waals surface area contributed by atoms with Crippen LogP contribution in [0.4, 0.5) is 10.1 Å². The van der Waals surface area contributed by atoms with Gasteiger partial charge in [0.1, 0.15) is 24.4 Å². The van der Waals surface area contributed by atoms with Crippen molar-refractivity contribution in [2.45, 2.75) is 31.8 Å². The topological polar surface area (TPSA) is 135 Å². The Morgan fingerprint density at radius 3 is 2.30 bits per heavy atom. The van der Waals surface area contributed by atoms with E-state index in [4.69, 9.17) is 28.3 Å². The summed E-state index contributed by atoms with van der Waals surface area (Å²) in [7, 11) is 0. The first-order valence-corrected chi connectivity index (χ1v) is 10.4. The van der Waals surface area contributed by atoms with Crippen molar-refractivity contribution in [3.05, 3.63) is 62.5 Å². The lowest BCUT2D eigenvalue weighted by atomic mass is 10.1. The summed E-state index contributed by atoms with van der Waals surface area (Å²) in [4.78, 5) is 60.9. The number of rotatable bonds is 10. The summed E-state index contributed by atoms with van der Waals surface area (Å²) >= 11 is 12.0. The Hall–Kier alpha value is -3.24. The number of ketones is 1. The minimum atomic E-state index is -1.59. The van der Waals surface area contributed by atoms with Crippen LogP contribution in [0.5, 0.6) is 0 Å². The first kappa shape index (κ1) is 26.0. The Morgan fingerprint density at radius 1 is 1.12 bits per heavy atom. The van der Waals surface area contributed by atoms with Gasteiger partial charge in [0.25, 0.3) is 11.5 Å². The minimum absolute atomic E-state index is 0.0401. The number of pyridine rings is 1. The number of alkyl halides is 1. The highest BCUT2D eigenvalue weighted by molar-refractivity contribution is 6.40. The third-order valence-electron chi connectivity index (χ3n) is 4.65. The van der Waals surface area contributed by atoms with E-state index in [9.17, 15) is 28.4 Å². The van der Waals surface area contributed by atoms with E-state index in [0.29, 0.717) is 0 Å². The number of Topliss-reactive ketones (excluding diaryl/α,β-unsaturated/α-hetero) is 1. The maximum absolute atomic E-state index is 12.9. The quantitative estimate of drug-likeness (QED) is 0.459. The van der Waals surface area contributed by atoms with E-state index >= 15 is 0 Å². The molecule has 176 valence electrons. The fourth-order valence-corrected chi connectivity index (χ4v) is 3.61. The third-order valence-corrected chi connectivity index (χ3v) is 5.28. The number of carbonyl (C=O) groups excluding carboxylic acids is 3. The lowest BCUT2D eigenvalue weighted by Gasteiger charge is -2.22. The molecule has 2 rings (SSSR count). The van der Waals surface area contributed by atoms with Gasteiger partial charge in [-0.05, 0) is 30.7 Å². The molecule has 0 saturated carbocycles. The summed E-state index contributed by atoms with van der Waals surface area (Å²) < 4.78 is 13.8. The molecular weight excluding hydrogens is 480 g/mol. The molecule has 2 atom stereocenters. The molecule has 0 aliphatic rings. The van der Waals surface area contributed by atoms with Gasteiger partial charge < -0.3 is 20.3 Å². The van der Waals surface area contributed by atoms with E-state index in [1.807, 2.05) is 0 Å². The number of carboxylic acids is 1. The monoisotopic (exact) mass is 499 g/mol. The van der Waals surface area contributed by atoms with Gasteiger partial charge in [0.15, 0.2) is 5.78 Å². The number of hydrogen-bond donors (Lipinski definition) is 3. The van der Waals surface area contributed by atoms with Crippen LogP contribution in [0.15, 0.2) is 41.3 Å². The van der Waals surface area contributed by atoms with Gasteiger partial charge in [-0.3, -0.25) is 24.0 Å². The molecule has 33 heavy (non-hydrogen) atoms. The zero-order valence-corrected chi connectivity index (χ0v) is 18.8. The molecule has 9 nitrogen and oxygen atoms in total. The van der Waals surface area contributed by atoms with Gasteiger partial charge in [0, 0.05) is 6.20 Å². The first-order chi connectivity index (χ1) is 15.6. The fraction of sp³-hybridized carbons (Fsp3) is 0.286. The number of halogens is 3. The number of carbonyl (C=O) groups is 4. The number of nitrogens with one attached hydrogen (secondary N) is 2. The number of amides is 2. The lowest BCUT2D eigenvalue weighted by Crippen LogP contribution is -2.47. The molecule has 0 aliphatic heterocycles. The molecule has 1 aromatic carbocycles. The highest BCUT2D eigenvalue weighted by Gasteiger charge is 2.28. The molecule has 2 amide bonds. The Morgan fingerprint density at radius 2 is 1.76 bits per heavy atom. The SMILES string of the molecule is CC[C@@H](C(=O)NC(CC(=O)O)C(=O)CF)n1cccc(NC(=O)c2c(Cl)cccc2Cl)c1=O. The average molecular weight is 500 g/mol. The number of anilines is 1. The zero-order valence-electron chi connectivity index (χ0n) is 17.3. The van der Waals surface area contributed by atoms with Crippen molar-refractivity contribution >= 4 is 52.5 Å². The van der Waals surface area contributed by atoms with Crippen LogP contribution in [0.25, 0.3) is 0 Å². The van der Waals surface area contributed by atoms with Crippen LogP contribution in [-0.4, -0.2) is 46.0 Å². The molecule has 12 heteroatoms. The second-order valence-corrected chi connectivity index (χ2v) is 7.68. The normalized spacial score (nSPS) is 12.5. The van der Waals surface area contributed by atoms with Crippen molar-refractivity contribution in [2.24, 2.45) is 0 Å². The van der Waals surface area contributed by atoms with Crippen LogP contribution in [0.3, 0.4) is 0 Å². The van der Waals surface area contributed by atoms with Crippen LogP contribution in [-0.2, 0) is 14.4 Å². The van der Waals surface area contributed by atoms with Crippen molar-refractivity contribution in [1.82, 2.24) is 9.88 Å². The fourth-order valence-electron chi connectivity index (χ4n) is 3.04. The van der Waals surface area contributed by atoms with Gasteiger partial charge in [-0.15, -0.1) is 0 Å². The largest absolute Gasteiger partial charge is 0.481 e. The minimum Gasteiger partial charge on any atom is -0.481 e. The van der Waals surface area contributed by atoms with Crippen LogP contribution < -0.4 is 16.2 Å². The van der Waals surface area contributed by atoms with E-state index in [0.717, 1.165) is 4.57 Å². The van der Waals surface area contributed by atoms with Crippen molar-refractivity contribution in [2.75, 3.05) is 12.0 Å². The van der Waals surface area contributed by atoms with Crippen molar-refractivity contribution in [1.29, 1.82) is 0 Å². The Labute approximate surface area is 197 Å². The highest BCUT2D eigenvalue weighted by atomic mass is 35.5. The average Bonchev–Trinajstić information content (AvgIpc) is 2.75. The summed E-state index contributed by atoms with van der Waals surface area (Å²) in [5.74, 6) is -4.11. The number of hydrogen-bond acceptors (Lipinski definition) is 5. The van der Waals surface area contributed by atoms with Crippen LogP contribution in [0, 0.1) is 0 Å². The van der Waals surface area contributed by atoms with Crippen molar-refractivity contribution in [3.8, 4) is 0 Å². The predicted molar refractivity (Wildman–Crippen MR) is 120 cm³/mol. The highest BCUT2D eigenvalue weighted by Crippen LogP contribution is 2.25. The van der Waals surface area contributed by atoms with Crippen LogP contribution in [0.1, 0.15) is 36.2 Å². The van der Waals surface area contributed by atoms with Crippen molar-refractivity contribution < 1.29 is 28.7 Å². The molecule has 3 N–H and O–H groups in total. The van der Waals surface area contributed by atoms with Gasteiger partial charge >= 0.3 is 5.97 Å². The van der Waals surface area contributed by atoms with Crippen LogP contribution >= 0.6 is 23.2 Å². The number of nitrogens with zero attached hydrogens (tertiary/aromatic N) is 1. The number of benzene rings is 1. The molecule has 2 aromatic rings. The maximum atomic E-state index is 12.9. The van der Waals surface area contributed by atoms with Gasteiger partial charge in [-0.25, -0.2) is 4.39 Å². The Kier molecular flexibility index (Phi) is 9.12. The first-order valence-electron chi connectivity index (χ1n) is 9.68. The standard InChI is InChI=1S/C21H20Cl2FN3O6/c1-2-15(19(31)26-14(9-17(29)30)16(28)10-24)27-8-4-7-13(21(27)33)25-20(32)18-11(22)5-3-6-12(18)23/h3-8,14-15H,2,9-10H2,1H3,(H,25,32)(H,26,31)(H,29,30)/t14?,15-/m0/s1. The number of aromatic nitrogens is 1. The summed E-state index contributed by atoms with van der Waals surface area (Å²) in [6.07, 6.45) is 0.551. The second-order valence-electron chi connectivity index (χ2n) is 6.87. The molecule has 0 radical (unpaired) electrons. The van der Waals surface area contributed by atoms with E-state index in [2.05, 4.69) is 10.6 Å². The Bertz CT molecular complexity index is 1120. The molecular formula is C21H20Cl2FN3O6. The molecule has 0 spiro atoms. The van der Waals surface area contributed by atoms with E-state index < -0.39 is 54.3 Å². The van der Waals surface area contributed by atoms with Crippen LogP contribution in [0.2, 0.25) is 10.0 Å². The second kappa shape index (κ2) is 11.6. The molecule has 0 fully saturated rings. The summed E-state index contributed by atoms with van der Waals surface area (Å²) in [5, 5.41) is 13.6.